The summed E-state index contributed by atoms with van der Waals surface area (Å²) in [5.74, 6) is 1.95. The van der Waals surface area contributed by atoms with Crippen LogP contribution in [0.2, 0.25) is 0 Å². The molecule has 0 amide bonds. The lowest BCUT2D eigenvalue weighted by Crippen LogP contribution is -2.46. The molecule has 0 aromatic carbocycles. The Morgan fingerprint density at radius 2 is 2.18 bits per heavy atom. The van der Waals surface area contributed by atoms with Crippen molar-refractivity contribution in [3.8, 4) is 0 Å². The van der Waals surface area contributed by atoms with E-state index in [1.165, 1.54) is 12.8 Å². The Morgan fingerprint density at radius 1 is 1.35 bits per heavy atom. The van der Waals surface area contributed by atoms with Crippen molar-refractivity contribution in [2.24, 2.45) is 22.7 Å². The summed E-state index contributed by atoms with van der Waals surface area (Å²) >= 11 is 2.11. The van der Waals surface area contributed by atoms with E-state index in [0.29, 0.717) is 28.1 Å². The average Bonchev–Trinajstić information content (AvgIpc) is 2.98. The standard InChI is InChI=1S/C15H20OS/c1-14(2)10-5-6-15(14,12(16)8-10)13-9-3-4-11(7-9)17-13/h3-4,9-11,13H,5-8H2,1-2H3/t9-,10-,11+,13+,15+/m1/s1. The summed E-state index contributed by atoms with van der Waals surface area (Å²) in [5.41, 5.74) is 0.270. The van der Waals surface area contributed by atoms with Gasteiger partial charge in [-0.25, -0.2) is 0 Å². The van der Waals surface area contributed by atoms with Crippen LogP contribution < -0.4 is 0 Å². The predicted molar refractivity (Wildman–Crippen MR) is 71.0 cm³/mol. The molecule has 4 bridgehead atoms. The quantitative estimate of drug-likeness (QED) is 0.661. The second-order valence-corrected chi connectivity index (χ2v) is 8.32. The maximum Gasteiger partial charge on any atom is 0.141 e. The first-order valence-corrected chi connectivity index (χ1v) is 7.87. The van der Waals surface area contributed by atoms with E-state index in [2.05, 4.69) is 37.8 Å². The van der Waals surface area contributed by atoms with Crippen LogP contribution in [0.15, 0.2) is 12.2 Å². The van der Waals surface area contributed by atoms with E-state index < -0.39 is 0 Å². The largest absolute Gasteiger partial charge is 0.299 e. The van der Waals surface area contributed by atoms with Crippen molar-refractivity contribution in [2.75, 3.05) is 0 Å². The summed E-state index contributed by atoms with van der Waals surface area (Å²) < 4.78 is 0. The molecule has 0 aromatic heterocycles. The van der Waals surface area contributed by atoms with Gasteiger partial charge in [-0.05, 0) is 36.5 Å². The first-order valence-electron chi connectivity index (χ1n) is 6.93. The van der Waals surface area contributed by atoms with Gasteiger partial charge in [0, 0.05) is 22.3 Å². The van der Waals surface area contributed by atoms with Crippen molar-refractivity contribution in [2.45, 2.75) is 50.0 Å². The van der Waals surface area contributed by atoms with E-state index in [0.717, 1.165) is 12.8 Å². The average molecular weight is 248 g/mol. The van der Waals surface area contributed by atoms with Gasteiger partial charge >= 0.3 is 0 Å². The van der Waals surface area contributed by atoms with E-state index in [4.69, 9.17) is 0 Å². The van der Waals surface area contributed by atoms with Crippen LogP contribution in [0.4, 0.5) is 0 Å². The maximum absolute atomic E-state index is 12.6. The van der Waals surface area contributed by atoms with Gasteiger partial charge in [0.1, 0.15) is 5.78 Å². The molecule has 1 saturated heterocycles. The SMILES string of the molecule is CC1(C)[C@@H]2CC[C@@]1([C@H]1S[C@H]3C=C[C@@H]1C3)C(=O)C2. The third-order valence-corrected chi connectivity index (χ3v) is 8.00. The molecule has 0 radical (unpaired) electrons. The molecule has 2 saturated carbocycles. The Balaban J connectivity index is 1.81. The number of hydrogen-bond donors (Lipinski definition) is 0. The van der Waals surface area contributed by atoms with Gasteiger partial charge < -0.3 is 0 Å². The molecule has 4 rings (SSSR count). The number of allylic oxidation sites excluding steroid dienone is 1. The first-order chi connectivity index (χ1) is 8.05. The summed E-state index contributed by atoms with van der Waals surface area (Å²) in [6, 6.07) is 0. The summed E-state index contributed by atoms with van der Waals surface area (Å²) in [6.45, 7) is 4.73. The van der Waals surface area contributed by atoms with E-state index in [-0.39, 0.29) is 10.8 Å². The molecule has 3 fully saturated rings. The van der Waals surface area contributed by atoms with Crippen LogP contribution in [0.1, 0.15) is 39.5 Å². The molecular formula is C15H20OS. The fraction of sp³-hybridized carbons (Fsp3) is 0.800. The van der Waals surface area contributed by atoms with Gasteiger partial charge in [-0.3, -0.25) is 4.79 Å². The highest BCUT2D eigenvalue weighted by molar-refractivity contribution is 8.01. The van der Waals surface area contributed by atoms with Crippen molar-refractivity contribution >= 4 is 17.5 Å². The molecule has 1 aliphatic heterocycles. The smallest absolute Gasteiger partial charge is 0.141 e. The Hall–Kier alpha value is -0.240. The van der Waals surface area contributed by atoms with Crippen molar-refractivity contribution in [1.29, 1.82) is 0 Å². The Kier molecular flexibility index (Phi) is 1.89. The Bertz CT molecular complexity index is 425. The summed E-state index contributed by atoms with van der Waals surface area (Å²) in [5, 5.41) is 1.30. The van der Waals surface area contributed by atoms with E-state index in [1.807, 2.05) is 0 Å². The molecule has 0 unspecified atom stereocenters. The molecule has 17 heavy (non-hydrogen) atoms. The number of thioether (sulfide) groups is 1. The van der Waals surface area contributed by atoms with Gasteiger partial charge in [0.05, 0.1) is 0 Å². The highest BCUT2D eigenvalue weighted by atomic mass is 32.2. The monoisotopic (exact) mass is 248 g/mol. The summed E-state index contributed by atoms with van der Waals surface area (Å²) in [4.78, 5) is 12.6. The molecule has 0 N–H and O–H groups in total. The summed E-state index contributed by atoms with van der Waals surface area (Å²) in [7, 11) is 0. The zero-order chi connectivity index (χ0) is 11.8. The molecule has 2 heteroatoms. The Morgan fingerprint density at radius 3 is 2.65 bits per heavy atom. The molecule has 0 spiro atoms. The fourth-order valence-corrected chi connectivity index (χ4v) is 7.25. The van der Waals surface area contributed by atoms with Crippen LogP contribution in [0.25, 0.3) is 0 Å². The third-order valence-electron chi connectivity index (χ3n) is 6.26. The van der Waals surface area contributed by atoms with Crippen LogP contribution in [-0.4, -0.2) is 16.3 Å². The second-order valence-electron chi connectivity index (χ2n) is 6.94. The lowest BCUT2D eigenvalue weighted by molar-refractivity contribution is -0.129. The van der Waals surface area contributed by atoms with E-state index >= 15 is 0 Å². The summed E-state index contributed by atoms with van der Waals surface area (Å²) in [6.07, 6.45) is 9.38. The molecule has 0 aromatic rings. The van der Waals surface area contributed by atoms with E-state index in [9.17, 15) is 4.79 Å². The van der Waals surface area contributed by atoms with Crippen LogP contribution in [-0.2, 0) is 4.79 Å². The molecule has 5 atom stereocenters. The molecule has 3 aliphatic carbocycles. The molecular weight excluding hydrogens is 228 g/mol. The normalized spacial score (nSPS) is 53.9. The second kappa shape index (κ2) is 3.01. The number of carbonyl (C=O) groups is 1. The third kappa shape index (κ3) is 1.03. The number of hydrogen-bond acceptors (Lipinski definition) is 2. The number of rotatable bonds is 1. The van der Waals surface area contributed by atoms with Crippen LogP contribution >= 0.6 is 11.8 Å². The van der Waals surface area contributed by atoms with Crippen molar-refractivity contribution in [3.63, 3.8) is 0 Å². The van der Waals surface area contributed by atoms with Crippen LogP contribution in [0, 0.1) is 22.7 Å². The lowest BCUT2D eigenvalue weighted by Gasteiger charge is -2.43. The Labute approximate surface area is 107 Å². The molecule has 1 heterocycles. The van der Waals surface area contributed by atoms with Gasteiger partial charge in [-0.1, -0.05) is 26.0 Å². The molecule has 4 aliphatic rings. The minimum atomic E-state index is 0.0203. The van der Waals surface area contributed by atoms with Gasteiger partial charge in [0.2, 0.25) is 0 Å². The zero-order valence-electron chi connectivity index (χ0n) is 10.6. The number of fused-ring (bicyclic) bond motifs is 4. The predicted octanol–water partition coefficient (Wildman–Crippen LogP) is 3.44. The van der Waals surface area contributed by atoms with Crippen LogP contribution in [0.5, 0.6) is 0 Å². The van der Waals surface area contributed by atoms with E-state index in [1.54, 1.807) is 0 Å². The highest BCUT2D eigenvalue weighted by Crippen LogP contribution is 2.70. The van der Waals surface area contributed by atoms with Crippen molar-refractivity contribution in [1.82, 2.24) is 0 Å². The van der Waals surface area contributed by atoms with Gasteiger partial charge in [-0.15, -0.1) is 11.8 Å². The number of carbonyl (C=O) groups excluding carboxylic acids is 1. The minimum absolute atomic E-state index is 0.0203. The molecule has 1 nitrogen and oxygen atoms in total. The van der Waals surface area contributed by atoms with Gasteiger partial charge in [0.25, 0.3) is 0 Å². The van der Waals surface area contributed by atoms with Crippen LogP contribution in [0.3, 0.4) is 0 Å². The fourth-order valence-electron chi connectivity index (χ4n) is 5.17. The number of ketones is 1. The topological polar surface area (TPSA) is 17.1 Å². The molecule has 92 valence electrons. The number of Topliss-reactive ketones (excluding diaryl/α,β-unsaturated/α-hetero) is 1. The van der Waals surface area contributed by atoms with Gasteiger partial charge in [-0.2, -0.15) is 0 Å². The lowest BCUT2D eigenvalue weighted by atomic mass is 9.64. The first kappa shape index (κ1) is 10.7. The van der Waals surface area contributed by atoms with Crippen molar-refractivity contribution in [3.05, 3.63) is 12.2 Å². The highest BCUT2D eigenvalue weighted by Gasteiger charge is 2.69. The minimum Gasteiger partial charge on any atom is -0.299 e. The van der Waals surface area contributed by atoms with Crippen molar-refractivity contribution < 1.29 is 4.79 Å². The maximum atomic E-state index is 12.6. The zero-order valence-corrected chi connectivity index (χ0v) is 11.4. The van der Waals surface area contributed by atoms with Gasteiger partial charge in [0.15, 0.2) is 0 Å².